The fourth-order valence-electron chi connectivity index (χ4n) is 2.12. The lowest BCUT2D eigenvalue weighted by Gasteiger charge is -2.02. The highest BCUT2D eigenvalue weighted by Gasteiger charge is 2.14. The van der Waals surface area contributed by atoms with Gasteiger partial charge in [-0.05, 0) is 36.4 Å². The number of nitrogens with zero attached hydrogens (tertiary/aromatic N) is 4. The number of sulfonamides is 1. The molecule has 1 heterocycles. The van der Waals surface area contributed by atoms with Crippen molar-refractivity contribution in [1.82, 2.24) is 9.78 Å². The Kier molecular flexibility index (Phi) is 4.21. The van der Waals surface area contributed by atoms with Crippen LogP contribution in [0, 0.1) is 0 Å². The van der Waals surface area contributed by atoms with Crippen LogP contribution in [-0.2, 0) is 10.0 Å². The van der Waals surface area contributed by atoms with Crippen LogP contribution in [0.15, 0.2) is 69.7 Å². The van der Waals surface area contributed by atoms with Gasteiger partial charge >= 0.3 is 0 Å². The number of para-hydroxylation sites is 1. The second-order valence-corrected chi connectivity index (χ2v) is 6.67. The van der Waals surface area contributed by atoms with Gasteiger partial charge in [0.25, 0.3) is 0 Å². The average molecular weight is 357 g/mol. The van der Waals surface area contributed by atoms with Crippen LogP contribution in [0.25, 0.3) is 5.69 Å². The fourth-order valence-corrected chi connectivity index (χ4v) is 2.63. The zero-order valence-corrected chi connectivity index (χ0v) is 13.8. The Labute approximate surface area is 143 Å². The number of hydrogen-bond acceptors (Lipinski definition) is 7. The Morgan fingerprint density at radius 3 is 2.16 bits per heavy atom. The summed E-state index contributed by atoms with van der Waals surface area (Å²) in [5.74, 6) is 0.375. The molecule has 10 heteroatoms. The maximum absolute atomic E-state index is 11.2. The molecule has 128 valence electrons. The van der Waals surface area contributed by atoms with Crippen molar-refractivity contribution in [2.45, 2.75) is 4.90 Å². The molecule has 0 amide bonds. The van der Waals surface area contributed by atoms with E-state index in [1.54, 1.807) is 0 Å². The molecule has 0 spiro atoms. The number of hydrogen-bond donors (Lipinski definition) is 3. The molecule has 0 aliphatic rings. The summed E-state index contributed by atoms with van der Waals surface area (Å²) in [5, 5.41) is 17.2. The van der Waals surface area contributed by atoms with Crippen molar-refractivity contribution in [2.24, 2.45) is 15.4 Å². The second kappa shape index (κ2) is 6.34. The van der Waals surface area contributed by atoms with Gasteiger partial charge in [-0.25, -0.2) is 18.2 Å². The molecule has 0 fully saturated rings. The zero-order valence-electron chi connectivity index (χ0n) is 12.9. The molecule has 0 aliphatic heterocycles. The monoisotopic (exact) mass is 357 g/mol. The lowest BCUT2D eigenvalue weighted by molar-refractivity contribution is 0.598. The third-order valence-electron chi connectivity index (χ3n) is 3.35. The normalized spacial score (nSPS) is 11.9. The van der Waals surface area contributed by atoms with E-state index in [1.165, 1.54) is 28.9 Å². The molecule has 1 aromatic heterocycles. The quantitative estimate of drug-likeness (QED) is 0.610. The summed E-state index contributed by atoms with van der Waals surface area (Å²) in [7, 11) is -3.75. The Hall–Kier alpha value is -3.24. The van der Waals surface area contributed by atoms with Crippen molar-refractivity contribution in [3.05, 3.63) is 54.6 Å². The molecule has 0 atom stereocenters. The number of benzene rings is 2. The minimum Gasteiger partial charge on any atom is -0.382 e. The number of anilines is 2. The molecule has 0 saturated carbocycles. The smallest absolute Gasteiger partial charge is 0.238 e. The van der Waals surface area contributed by atoms with E-state index in [2.05, 4.69) is 15.3 Å². The summed E-state index contributed by atoms with van der Waals surface area (Å²) in [5.41, 5.74) is 13.3. The van der Waals surface area contributed by atoms with Gasteiger partial charge in [0.2, 0.25) is 10.0 Å². The van der Waals surface area contributed by atoms with Crippen molar-refractivity contribution in [3.63, 3.8) is 0 Å². The van der Waals surface area contributed by atoms with Crippen molar-refractivity contribution < 1.29 is 8.42 Å². The zero-order chi connectivity index (χ0) is 18.0. The van der Waals surface area contributed by atoms with E-state index in [9.17, 15) is 8.42 Å². The first-order valence-electron chi connectivity index (χ1n) is 7.10. The molecule has 3 rings (SSSR count). The summed E-state index contributed by atoms with van der Waals surface area (Å²) < 4.78 is 23.9. The molecule has 6 N–H and O–H groups in total. The Morgan fingerprint density at radius 1 is 0.920 bits per heavy atom. The molecule has 0 unspecified atom stereocenters. The Bertz CT molecular complexity index is 1030. The molecule has 9 nitrogen and oxygen atoms in total. The lowest BCUT2D eigenvalue weighted by Crippen LogP contribution is -2.11. The number of rotatable bonds is 4. The van der Waals surface area contributed by atoms with Gasteiger partial charge < -0.3 is 11.5 Å². The standard InChI is InChI=1S/C15H15N7O2S/c16-14-13(15(17)22(21-14)11-4-2-1-3-5-11)20-19-10-6-8-12(9-7-10)25(18,23)24/h1-9H,17H2,(H2,16,21)(H2,18,23,24). The Balaban J connectivity index is 1.91. The summed E-state index contributed by atoms with van der Waals surface area (Å²) in [4.78, 5) is -0.0117. The number of nitrogens with two attached hydrogens (primary N) is 3. The Morgan fingerprint density at radius 2 is 1.56 bits per heavy atom. The first kappa shape index (κ1) is 16.6. The first-order valence-corrected chi connectivity index (χ1v) is 8.65. The third-order valence-corrected chi connectivity index (χ3v) is 4.28. The van der Waals surface area contributed by atoms with Crippen molar-refractivity contribution >= 4 is 33.0 Å². The van der Waals surface area contributed by atoms with Crippen LogP contribution in [0.1, 0.15) is 0 Å². The minimum atomic E-state index is -3.75. The summed E-state index contributed by atoms with van der Waals surface area (Å²) >= 11 is 0. The van der Waals surface area contributed by atoms with Crippen LogP contribution >= 0.6 is 0 Å². The van der Waals surface area contributed by atoms with Gasteiger partial charge in [0.05, 0.1) is 16.3 Å². The molecule has 25 heavy (non-hydrogen) atoms. The van der Waals surface area contributed by atoms with Gasteiger partial charge in [-0.2, -0.15) is 5.11 Å². The van der Waals surface area contributed by atoms with Gasteiger partial charge in [-0.15, -0.1) is 10.2 Å². The molecular weight excluding hydrogens is 342 g/mol. The highest BCUT2D eigenvalue weighted by Crippen LogP contribution is 2.32. The second-order valence-electron chi connectivity index (χ2n) is 5.11. The van der Waals surface area contributed by atoms with Crippen LogP contribution in [0.3, 0.4) is 0 Å². The summed E-state index contributed by atoms with van der Waals surface area (Å²) in [6, 6.07) is 14.8. The fraction of sp³-hybridized carbons (Fsp3) is 0. The van der Waals surface area contributed by atoms with E-state index < -0.39 is 10.0 Å². The van der Waals surface area contributed by atoms with E-state index >= 15 is 0 Å². The van der Waals surface area contributed by atoms with Gasteiger partial charge in [0.1, 0.15) is 0 Å². The van der Waals surface area contributed by atoms with Gasteiger partial charge in [0.15, 0.2) is 17.3 Å². The predicted molar refractivity (Wildman–Crippen MR) is 94.4 cm³/mol. The topological polar surface area (TPSA) is 155 Å². The van der Waals surface area contributed by atoms with Crippen LogP contribution in [0.2, 0.25) is 0 Å². The number of azo groups is 1. The van der Waals surface area contributed by atoms with Crippen LogP contribution in [-0.4, -0.2) is 18.2 Å². The van der Waals surface area contributed by atoms with Gasteiger partial charge in [0, 0.05) is 0 Å². The van der Waals surface area contributed by atoms with Gasteiger partial charge in [-0.3, -0.25) is 0 Å². The SMILES string of the molecule is Nc1nn(-c2ccccc2)c(N)c1N=Nc1ccc(S(N)(=O)=O)cc1. The van der Waals surface area contributed by atoms with Crippen LogP contribution < -0.4 is 16.6 Å². The van der Waals surface area contributed by atoms with E-state index in [0.717, 1.165) is 5.69 Å². The number of nitrogen functional groups attached to an aromatic ring is 2. The largest absolute Gasteiger partial charge is 0.382 e. The van der Waals surface area contributed by atoms with Crippen molar-refractivity contribution in [3.8, 4) is 5.69 Å². The molecule has 0 radical (unpaired) electrons. The molecule has 0 saturated heterocycles. The molecular formula is C15H15N7O2S. The van der Waals surface area contributed by atoms with Crippen LogP contribution in [0.5, 0.6) is 0 Å². The highest BCUT2D eigenvalue weighted by molar-refractivity contribution is 7.89. The van der Waals surface area contributed by atoms with Crippen molar-refractivity contribution in [2.75, 3.05) is 11.5 Å². The molecule has 2 aromatic carbocycles. The lowest BCUT2D eigenvalue weighted by atomic mass is 10.3. The molecule has 3 aromatic rings. The maximum Gasteiger partial charge on any atom is 0.238 e. The summed E-state index contributed by atoms with van der Waals surface area (Å²) in [6.45, 7) is 0. The van der Waals surface area contributed by atoms with E-state index in [4.69, 9.17) is 16.6 Å². The third kappa shape index (κ3) is 3.49. The summed E-state index contributed by atoms with van der Waals surface area (Å²) in [6.07, 6.45) is 0. The first-order chi connectivity index (χ1) is 11.9. The van der Waals surface area contributed by atoms with E-state index in [1.807, 2.05) is 30.3 Å². The number of primary sulfonamides is 1. The number of aromatic nitrogens is 2. The minimum absolute atomic E-state index is 0.0117. The van der Waals surface area contributed by atoms with Gasteiger partial charge in [-0.1, -0.05) is 18.2 Å². The molecule has 0 bridgehead atoms. The predicted octanol–water partition coefficient (Wildman–Crippen LogP) is 2.10. The maximum atomic E-state index is 11.2. The van der Waals surface area contributed by atoms with E-state index in [0.29, 0.717) is 5.69 Å². The highest BCUT2D eigenvalue weighted by atomic mass is 32.2. The van der Waals surface area contributed by atoms with E-state index in [-0.39, 0.29) is 22.2 Å². The van der Waals surface area contributed by atoms with Crippen LogP contribution in [0.4, 0.5) is 23.0 Å². The molecule has 0 aliphatic carbocycles. The average Bonchev–Trinajstić information content (AvgIpc) is 2.88. The van der Waals surface area contributed by atoms with Crippen molar-refractivity contribution in [1.29, 1.82) is 0 Å².